The first kappa shape index (κ1) is 13.4. The molecular formula is C15H28O2. The highest BCUT2D eigenvalue weighted by Crippen LogP contribution is 2.32. The third kappa shape index (κ3) is 3.96. The molecule has 2 rings (SSSR count). The molecule has 2 saturated carbocycles. The van der Waals surface area contributed by atoms with Crippen LogP contribution in [0.15, 0.2) is 0 Å². The van der Waals surface area contributed by atoms with Gasteiger partial charge < -0.3 is 9.84 Å². The molecule has 2 heteroatoms. The summed E-state index contributed by atoms with van der Waals surface area (Å²) >= 11 is 0. The number of aliphatic hydroxyl groups is 1. The molecule has 0 amide bonds. The molecule has 17 heavy (non-hydrogen) atoms. The summed E-state index contributed by atoms with van der Waals surface area (Å²) in [5, 5.41) is 10.1. The van der Waals surface area contributed by atoms with Crippen LogP contribution in [0.3, 0.4) is 0 Å². The minimum atomic E-state index is -0.218. The number of ether oxygens (including phenoxy) is 1. The molecule has 0 bridgehead atoms. The molecule has 0 radical (unpaired) electrons. The molecule has 3 unspecified atom stereocenters. The zero-order valence-electron chi connectivity index (χ0n) is 11.4. The molecule has 3 atom stereocenters. The average molecular weight is 240 g/mol. The second-order valence-corrected chi connectivity index (χ2v) is 6.48. The standard InChI is InChI=1S/C15H28O2/c1-11-7-12(2)9-14(8-11)17-10-15(16)13-5-3-4-6-13/h11-16H,3-10H2,1-2H3. The number of hydrogen-bond donors (Lipinski definition) is 1. The maximum atomic E-state index is 10.1. The van der Waals surface area contributed by atoms with Crippen LogP contribution in [0.4, 0.5) is 0 Å². The van der Waals surface area contributed by atoms with Crippen molar-refractivity contribution in [3.63, 3.8) is 0 Å². The second kappa shape index (κ2) is 6.19. The molecule has 0 aromatic carbocycles. The lowest BCUT2D eigenvalue weighted by Gasteiger charge is -2.32. The molecule has 0 aromatic heterocycles. The summed E-state index contributed by atoms with van der Waals surface area (Å²) in [5.74, 6) is 2.08. The van der Waals surface area contributed by atoms with Gasteiger partial charge in [0.2, 0.25) is 0 Å². The van der Waals surface area contributed by atoms with Crippen molar-refractivity contribution in [2.75, 3.05) is 6.61 Å². The van der Waals surface area contributed by atoms with Crippen molar-refractivity contribution < 1.29 is 9.84 Å². The molecule has 2 aliphatic carbocycles. The molecule has 0 heterocycles. The van der Waals surface area contributed by atoms with Crippen LogP contribution in [-0.2, 0) is 4.74 Å². The quantitative estimate of drug-likeness (QED) is 0.816. The van der Waals surface area contributed by atoms with Gasteiger partial charge in [-0.1, -0.05) is 26.7 Å². The molecule has 100 valence electrons. The summed E-state index contributed by atoms with van der Waals surface area (Å²) in [7, 11) is 0. The Balaban J connectivity index is 1.69. The van der Waals surface area contributed by atoms with Crippen molar-refractivity contribution in [3.05, 3.63) is 0 Å². The topological polar surface area (TPSA) is 29.5 Å². The van der Waals surface area contributed by atoms with E-state index in [9.17, 15) is 5.11 Å². The molecule has 0 spiro atoms. The highest BCUT2D eigenvalue weighted by molar-refractivity contribution is 4.78. The predicted octanol–water partition coefficient (Wildman–Crippen LogP) is 3.38. The SMILES string of the molecule is CC1CC(C)CC(OCC(O)C2CCCC2)C1. The van der Waals surface area contributed by atoms with Crippen LogP contribution in [0.1, 0.15) is 58.8 Å². The largest absolute Gasteiger partial charge is 0.390 e. The third-order valence-electron chi connectivity index (χ3n) is 4.58. The predicted molar refractivity (Wildman–Crippen MR) is 69.9 cm³/mol. The van der Waals surface area contributed by atoms with Crippen LogP contribution in [0, 0.1) is 17.8 Å². The number of hydrogen-bond acceptors (Lipinski definition) is 2. The lowest BCUT2D eigenvalue weighted by Crippen LogP contribution is -2.31. The molecule has 2 aliphatic rings. The number of aliphatic hydroxyl groups excluding tert-OH is 1. The number of rotatable bonds is 4. The van der Waals surface area contributed by atoms with E-state index in [4.69, 9.17) is 4.74 Å². The molecule has 2 nitrogen and oxygen atoms in total. The van der Waals surface area contributed by atoms with Gasteiger partial charge in [-0.15, -0.1) is 0 Å². The van der Waals surface area contributed by atoms with Crippen molar-refractivity contribution in [2.24, 2.45) is 17.8 Å². The summed E-state index contributed by atoms with van der Waals surface area (Å²) in [6.45, 7) is 5.20. The first-order valence-corrected chi connectivity index (χ1v) is 7.44. The fourth-order valence-corrected chi connectivity index (χ4v) is 3.72. The van der Waals surface area contributed by atoms with Crippen LogP contribution in [0.2, 0.25) is 0 Å². The zero-order chi connectivity index (χ0) is 12.3. The van der Waals surface area contributed by atoms with Gasteiger partial charge in [0, 0.05) is 0 Å². The smallest absolute Gasteiger partial charge is 0.0801 e. The van der Waals surface area contributed by atoms with Crippen LogP contribution >= 0.6 is 0 Å². The van der Waals surface area contributed by atoms with Crippen LogP contribution in [0.5, 0.6) is 0 Å². The van der Waals surface area contributed by atoms with E-state index in [1.165, 1.54) is 44.9 Å². The summed E-state index contributed by atoms with van der Waals surface area (Å²) in [6, 6.07) is 0. The van der Waals surface area contributed by atoms with E-state index in [0.717, 1.165) is 11.8 Å². The minimum Gasteiger partial charge on any atom is -0.390 e. The Bertz CT molecular complexity index is 213. The van der Waals surface area contributed by atoms with E-state index in [1.807, 2.05) is 0 Å². The summed E-state index contributed by atoms with van der Waals surface area (Å²) in [4.78, 5) is 0. The van der Waals surface area contributed by atoms with Crippen molar-refractivity contribution in [1.82, 2.24) is 0 Å². The van der Waals surface area contributed by atoms with Gasteiger partial charge in [0.05, 0.1) is 18.8 Å². The highest BCUT2D eigenvalue weighted by Gasteiger charge is 2.27. The first-order chi connectivity index (χ1) is 8.15. The van der Waals surface area contributed by atoms with Crippen molar-refractivity contribution >= 4 is 0 Å². The van der Waals surface area contributed by atoms with Crippen molar-refractivity contribution in [3.8, 4) is 0 Å². The van der Waals surface area contributed by atoms with Gasteiger partial charge in [0.1, 0.15) is 0 Å². The van der Waals surface area contributed by atoms with Gasteiger partial charge >= 0.3 is 0 Å². The van der Waals surface area contributed by atoms with Gasteiger partial charge in [-0.3, -0.25) is 0 Å². The summed E-state index contributed by atoms with van der Waals surface area (Å²) in [6.07, 6.45) is 8.85. The molecule has 0 saturated heterocycles. The molecule has 0 aromatic rings. The van der Waals surface area contributed by atoms with Gasteiger partial charge in [-0.05, 0) is 49.9 Å². The van der Waals surface area contributed by atoms with Crippen LogP contribution in [-0.4, -0.2) is 23.9 Å². The Kier molecular flexibility index (Phi) is 4.87. The van der Waals surface area contributed by atoms with Gasteiger partial charge in [0.15, 0.2) is 0 Å². The monoisotopic (exact) mass is 240 g/mol. The van der Waals surface area contributed by atoms with E-state index in [2.05, 4.69) is 13.8 Å². The van der Waals surface area contributed by atoms with E-state index < -0.39 is 0 Å². The lowest BCUT2D eigenvalue weighted by atomic mass is 9.82. The van der Waals surface area contributed by atoms with Gasteiger partial charge in [-0.2, -0.15) is 0 Å². The van der Waals surface area contributed by atoms with E-state index in [1.54, 1.807) is 0 Å². The molecule has 2 fully saturated rings. The van der Waals surface area contributed by atoms with Crippen LogP contribution < -0.4 is 0 Å². The fourth-order valence-electron chi connectivity index (χ4n) is 3.72. The highest BCUT2D eigenvalue weighted by atomic mass is 16.5. The maximum Gasteiger partial charge on any atom is 0.0801 e. The fraction of sp³-hybridized carbons (Fsp3) is 1.00. The van der Waals surface area contributed by atoms with E-state index in [-0.39, 0.29) is 6.10 Å². The Morgan fingerprint density at radius 1 is 1.06 bits per heavy atom. The van der Waals surface area contributed by atoms with Crippen molar-refractivity contribution in [1.29, 1.82) is 0 Å². The van der Waals surface area contributed by atoms with Crippen LogP contribution in [0.25, 0.3) is 0 Å². The zero-order valence-corrected chi connectivity index (χ0v) is 11.4. The maximum absolute atomic E-state index is 10.1. The van der Waals surface area contributed by atoms with Gasteiger partial charge in [-0.25, -0.2) is 0 Å². The molecule has 1 N–H and O–H groups in total. The Labute approximate surface area is 106 Å². The van der Waals surface area contributed by atoms with Gasteiger partial charge in [0.25, 0.3) is 0 Å². The van der Waals surface area contributed by atoms with E-state index in [0.29, 0.717) is 18.6 Å². The minimum absolute atomic E-state index is 0.218. The Morgan fingerprint density at radius 2 is 1.65 bits per heavy atom. The summed E-state index contributed by atoms with van der Waals surface area (Å²) in [5.41, 5.74) is 0. The lowest BCUT2D eigenvalue weighted by molar-refractivity contribution is -0.0550. The Morgan fingerprint density at radius 3 is 2.24 bits per heavy atom. The third-order valence-corrected chi connectivity index (χ3v) is 4.58. The molecular weight excluding hydrogens is 212 g/mol. The normalized spacial score (nSPS) is 37.2. The Hall–Kier alpha value is -0.0800. The summed E-state index contributed by atoms with van der Waals surface area (Å²) < 4.78 is 5.95. The first-order valence-electron chi connectivity index (χ1n) is 7.44. The average Bonchev–Trinajstić information content (AvgIpc) is 2.78. The van der Waals surface area contributed by atoms with E-state index >= 15 is 0 Å². The second-order valence-electron chi connectivity index (χ2n) is 6.48. The molecule has 0 aliphatic heterocycles. The van der Waals surface area contributed by atoms with Crippen molar-refractivity contribution in [2.45, 2.75) is 71.0 Å².